The fourth-order valence-electron chi connectivity index (χ4n) is 11.4. The molecule has 0 aliphatic heterocycles. The highest BCUT2D eigenvalue weighted by atomic mass is 31.2. The molecule has 0 radical (unpaired) electrons. The highest BCUT2D eigenvalue weighted by Gasteiger charge is 2.30. The number of aliphatic hydroxyl groups excluding tert-OH is 1. The summed E-state index contributed by atoms with van der Waals surface area (Å²) in [6.45, 7) is 11.9. The average molecular weight is 1380 g/mol. The third-order valence-electron chi connectivity index (χ3n) is 17.7. The number of carbonyl (C=O) groups is 4. The van der Waals surface area contributed by atoms with Crippen LogP contribution in [0.3, 0.4) is 0 Å². The molecule has 0 saturated heterocycles. The van der Waals surface area contributed by atoms with Crippen LogP contribution in [0.1, 0.15) is 382 Å². The van der Waals surface area contributed by atoms with E-state index in [0.29, 0.717) is 25.7 Å². The average Bonchev–Trinajstić information content (AvgIpc) is 1.14. The van der Waals surface area contributed by atoms with Gasteiger partial charge in [0.05, 0.1) is 26.4 Å². The quantitative estimate of drug-likeness (QED) is 0.0222. The SMILES string of the molecule is CCCCCCCCCCCCC(=O)OC[C@H](COP(=O)(O)OC[C@H](O)COP(=O)(O)OC[C@@H](COC(=O)CCCCCCCCCCCCCCC(C)C)OC(=O)CCCCCCCCCCCCCCCCC(C)C)OC(=O)CCCCCCCCCCC(C)CC. The highest BCUT2D eigenvalue weighted by Crippen LogP contribution is 2.45. The maximum absolute atomic E-state index is 13.1. The summed E-state index contributed by atoms with van der Waals surface area (Å²) in [5.41, 5.74) is 0. The monoisotopic (exact) mass is 1380 g/mol. The summed E-state index contributed by atoms with van der Waals surface area (Å²) < 4.78 is 68.5. The predicted molar refractivity (Wildman–Crippen MR) is 381 cm³/mol. The molecule has 0 aromatic heterocycles. The molecule has 94 heavy (non-hydrogen) atoms. The van der Waals surface area contributed by atoms with Crippen LogP contribution in [0.5, 0.6) is 0 Å². The number of rotatable bonds is 73. The molecule has 17 nitrogen and oxygen atoms in total. The van der Waals surface area contributed by atoms with Gasteiger partial charge in [-0.3, -0.25) is 37.3 Å². The second kappa shape index (κ2) is 65.7. The van der Waals surface area contributed by atoms with Crippen molar-refractivity contribution in [3.05, 3.63) is 0 Å². The summed E-state index contributed by atoms with van der Waals surface area (Å²) in [6, 6.07) is 0. The maximum atomic E-state index is 13.1. The zero-order valence-corrected chi connectivity index (χ0v) is 63.2. The highest BCUT2D eigenvalue weighted by molar-refractivity contribution is 7.47. The Morgan fingerprint density at radius 2 is 0.543 bits per heavy atom. The van der Waals surface area contributed by atoms with Gasteiger partial charge in [0.25, 0.3) is 0 Å². The zero-order chi connectivity index (χ0) is 69.4. The first-order valence-electron chi connectivity index (χ1n) is 38.9. The van der Waals surface area contributed by atoms with Crippen molar-refractivity contribution in [3.8, 4) is 0 Å². The Kier molecular flexibility index (Phi) is 64.3. The fraction of sp³-hybridized carbons (Fsp3) is 0.947. The van der Waals surface area contributed by atoms with Crippen molar-refractivity contribution in [2.45, 2.75) is 401 Å². The van der Waals surface area contributed by atoms with Crippen molar-refractivity contribution < 1.29 is 80.2 Å². The molecule has 0 aromatic carbocycles. The zero-order valence-electron chi connectivity index (χ0n) is 61.4. The van der Waals surface area contributed by atoms with Gasteiger partial charge in [-0.05, 0) is 43.4 Å². The number of hydrogen-bond donors (Lipinski definition) is 3. The molecule has 558 valence electrons. The Morgan fingerprint density at radius 1 is 0.309 bits per heavy atom. The lowest BCUT2D eigenvalue weighted by molar-refractivity contribution is -0.161. The van der Waals surface area contributed by atoms with Crippen molar-refractivity contribution in [2.75, 3.05) is 39.6 Å². The van der Waals surface area contributed by atoms with Gasteiger partial charge in [-0.1, -0.05) is 331 Å². The van der Waals surface area contributed by atoms with Crippen molar-refractivity contribution in [1.82, 2.24) is 0 Å². The van der Waals surface area contributed by atoms with E-state index in [1.807, 2.05) is 0 Å². The standard InChI is InChI=1S/C75H146O17P2/c1-8-10-11-12-13-14-27-35-42-49-56-72(77)85-63-71(92-75(80)59-52-45-38-31-30-34-41-48-55-68(7)9-2)65-90-94(83,84)88-61-69(76)60-87-93(81,82)89-64-70(62-86-73(78)57-50-43-36-28-23-20-19-22-26-33-40-47-54-67(5)6)91-74(79)58-51-44-37-29-24-18-16-15-17-21-25-32-39-46-53-66(3)4/h66-71,76H,8-65H2,1-7H3,(H,81,82)(H,83,84)/t68?,69-,70-,71-/m1/s1. The molecule has 0 aliphatic rings. The maximum Gasteiger partial charge on any atom is 0.472 e. The van der Waals surface area contributed by atoms with Crippen molar-refractivity contribution in [3.63, 3.8) is 0 Å². The second-order valence-corrected chi connectivity index (χ2v) is 31.1. The van der Waals surface area contributed by atoms with Crippen LogP contribution < -0.4 is 0 Å². The van der Waals surface area contributed by atoms with Crippen LogP contribution in [0, 0.1) is 17.8 Å². The number of unbranched alkanes of at least 4 members (excludes halogenated alkanes) is 40. The molecule has 6 atom stereocenters. The number of hydrogen-bond acceptors (Lipinski definition) is 15. The van der Waals surface area contributed by atoms with Crippen LogP contribution in [0.25, 0.3) is 0 Å². The molecule has 19 heteroatoms. The minimum atomic E-state index is -4.96. The normalized spacial score (nSPS) is 14.4. The summed E-state index contributed by atoms with van der Waals surface area (Å²) in [4.78, 5) is 72.8. The van der Waals surface area contributed by atoms with E-state index in [-0.39, 0.29) is 25.7 Å². The minimum absolute atomic E-state index is 0.105. The summed E-state index contributed by atoms with van der Waals surface area (Å²) in [5, 5.41) is 10.6. The molecule has 0 amide bonds. The Labute approximate surface area is 575 Å². The van der Waals surface area contributed by atoms with Gasteiger partial charge in [-0.15, -0.1) is 0 Å². The van der Waals surface area contributed by atoms with E-state index >= 15 is 0 Å². The molecule has 3 unspecified atom stereocenters. The van der Waals surface area contributed by atoms with E-state index in [1.54, 1.807) is 0 Å². The fourth-order valence-corrected chi connectivity index (χ4v) is 13.0. The third-order valence-corrected chi connectivity index (χ3v) is 19.6. The van der Waals surface area contributed by atoms with Crippen LogP contribution >= 0.6 is 15.6 Å². The topological polar surface area (TPSA) is 237 Å². The van der Waals surface area contributed by atoms with Gasteiger partial charge in [-0.25, -0.2) is 9.13 Å². The number of esters is 4. The molecule has 0 aromatic rings. The lowest BCUT2D eigenvalue weighted by atomic mass is 9.99. The second-order valence-electron chi connectivity index (χ2n) is 28.2. The van der Waals surface area contributed by atoms with E-state index in [4.69, 9.17) is 37.0 Å². The Bertz CT molecular complexity index is 1840. The first-order valence-corrected chi connectivity index (χ1v) is 41.9. The van der Waals surface area contributed by atoms with Crippen LogP contribution in [0.4, 0.5) is 0 Å². The van der Waals surface area contributed by atoms with Gasteiger partial charge >= 0.3 is 39.5 Å². The Hall–Kier alpha value is -1.94. The van der Waals surface area contributed by atoms with Crippen LogP contribution in [0.2, 0.25) is 0 Å². The Balaban J connectivity index is 5.25. The molecular weight excluding hydrogens is 1230 g/mol. The Morgan fingerprint density at radius 3 is 0.809 bits per heavy atom. The molecule has 0 rings (SSSR count). The number of ether oxygens (including phenoxy) is 4. The molecule has 0 heterocycles. The lowest BCUT2D eigenvalue weighted by Gasteiger charge is -2.21. The largest absolute Gasteiger partial charge is 0.472 e. The molecule has 3 N–H and O–H groups in total. The van der Waals surface area contributed by atoms with E-state index < -0.39 is 97.5 Å². The summed E-state index contributed by atoms with van der Waals surface area (Å²) >= 11 is 0. The summed E-state index contributed by atoms with van der Waals surface area (Å²) in [7, 11) is -9.91. The van der Waals surface area contributed by atoms with Crippen LogP contribution in [-0.4, -0.2) is 96.7 Å². The van der Waals surface area contributed by atoms with E-state index in [0.717, 1.165) is 108 Å². The third kappa shape index (κ3) is 67.3. The van der Waals surface area contributed by atoms with E-state index in [1.165, 1.54) is 193 Å². The summed E-state index contributed by atoms with van der Waals surface area (Å²) in [5.74, 6) is 0.227. The van der Waals surface area contributed by atoms with Crippen molar-refractivity contribution in [1.29, 1.82) is 0 Å². The molecular formula is C75H146O17P2. The van der Waals surface area contributed by atoms with Gasteiger partial charge in [0.1, 0.15) is 19.3 Å². The smallest absolute Gasteiger partial charge is 0.462 e. The van der Waals surface area contributed by atoms with Gasteiger partial charge in [0.15, 0.2) is 12.2 Å². The molecule has 0 fully saturated rings. The minimum Gasteiger partial charge on any atom is -0.462 e. The van der Waals surface area contributed by atoms with Gasteiger partial charge in [-0.2, -0.15) is 0 Å². The van der Waals surface area contributed by atoms with Gasteiger partial charge in [0.2, 0.25) is 0 Å². The van der Waals surface area contributed by atoms with Gasteiger partial charge in [0, 0.05) is 25.7 Å². The molecule has 0 aliphatic carbocycles. The summed E-state index contributed by atoms with van der Waals surface area (Å²) in [6.07, 6.45) is 51.2. The first kappa shape index (κ1) is 92.1. The lowest BCUT2D eigenvalue weighted by Crippen LogP contribution is -2.30. The molecule has 0 saturated carbocycles. The molecule has 0 spiro atoms. The molecule has 0 bridgehead atoms. The first-order chi connectivity index (χ1) is 45.3. The van der Waals surface area contributed by atoms with Crippen LogP contribution in [-0.2, 0) is 65.4 Å². The number of carbonyl (C=O) groups excluding carboxylic acids is 4. The predicted octanol–water partition coefficient (Wildman–Crippen LogP) is 21.8. The van der Waals surface area contributed by atoms with Gasteiger partial charge < -0.3 is 33.8 Å². The number of aliphatic hydroxyl groups is 1. The number of phosphoric ester groups is 2. The van der Waals surface area contributed by atoms with E-state index in [9.17, 15) is 43.2 Å². The van der Waals surface area contributed by atoms with E-state index in [2.05, 4.69) is 48.5 Å². The van der Waals surface area contributed by atoms with Crippen molar-refractivity contribution >= 4 is 39.5 Å². The van der Waals surface area contributed by atoms with Crippen LogP contribution in [0.15, 0.2) is 0 Å². The number of phosphoric acid groups is 2. The van der Waals surface area contributed by atoms with Crippen molar-refractivity contribution in [2.24, 2.45) is 17.8 Å².